The van der Waals surface area contributed by atoms with Gasteiger partial charge in [-0.15, -0.1) is 12.4 Å². The summed E-state index contributed by atoms with van der Waals surface area (Å²) in [5.41, 5.74) is 7.65. The van der Waals surface area contributed by atoms with E-state index in [1.807, 2.05) is 30.0 Å². The Labute approximate surface area is 131 Å². The Morgan fingerprint density at radius 3 is 2.80 bits per heavy atom. The van der Waals surface area contributed by atoms with E-state index in [4.69, 9.17) is 5.73 Å². The molecule has 5 heteroatoms. The molecule has 20 heavy (non-hydrogen) atoms. The maximum absolute atomic E-state index is 11.5. The van der Waals surface area contributed by atoms with Gasteiger partial charge in [-0.1, -0.05) is 25.0 Å². The Hall–Kier alpha value is -0.710. The van der Waals surface area contributed by atoms with Crippen LogP contribution in [0.15, 0.2) is 24.3 Å². The van der Waals surface area contributed by atoms with Crippen LogP contribution >= 0.6 is 24.2 Å². The van der Waals surface area contributed by atoms with Crippen molar-refractivity contribution in [3.8, 4) is 0 Å². The van der Waals surface area contributed by atoms with Crippen molar-refractivity contribution in [3.63, 3.8) is 0 Å². The number of thioether (sulfide) groups is 1. The zero-order valence-electron chi connectivity index (χ0n) is 11.8. The average molecular weight is 315 g/mol. The maximum atomic E-state index is 11.5. The van der Waals surface area contributed by atoms with Crippen molar-refractivity contribution in [1.29, 1.82) is 0 Å². The summed E-state index contributed by atoms with van der Waals surface area (Å²) in [6.45, 7) is 1.69. The van der Waals surface area contributed by atoms with Crippen molar-refractivity contribution < 1.29 is 4.79 Å². The minimum absolute atomic E-state index is 0. The molecule has 1 atom stereocenters. The number of rotatable bonds is 5. The van der Waals surface area contributed by atoms with E-state index in [-0.39, 0.29) is 18.3 Å². The molecule has 0 aromatic heterocycles. The van der Waals surface area contributed by atoms with Crippen LogP contribution in [0.5, 0.6) is 0 Å². The highest BCUT2D eigenvalue weighted by Gasteiger charge is 2.15. The van der Waals surface area contributed by atoms with E-state index in [2.05, 4.69) is 11.4 Å². The van der Waals surface area contributed by atoms with Gasteiger partial charge in [-0.2, -0.15) is 11.8 Å². The Bertz CT molecular complexity index is 434. The summed E-state index contributed by atoms with van der Waals surface area (Å²) in [5, 5.41) is 3.66. The number of carbonyl (C=O) groups excluding carboxylic acids is 1. The predicted molar refractivity (Wildman–Crippen MR) is 89.5 cm³/mol. The summed E-state index contributed by atoms with van der Waals surface area (Å²) < 4.78 is 0. The van der Waals surface area contributed by atoms with Gasteiger partial charge in [-0.25, -0.2) is 0 Å². The largest absolute Gasteiger partial charge is 0.325 e. The molecule has 0 spiro atoms. The molecule has 0 bridgehead atoms. The fourth-order valence-corrected chi connectivity index (χ4v) is 3.54. The second-order valence-electron chi connectivity index (χ2n) is 5.20. The smallest absolute Gasteiger partial charge is 0.240 e. The molecule has 0 heterocycles. The summed E-state index contributed by atoms with van der Waals surface area (Å²) in [6, 6.07) is 7.58. The predicted octanol–water partition coefficient (Wildman–Crippen LogP) is 3.57. The molecule has 0 saturated heterocycles. The number of hydrogen-bond donors (Lipinski definition) is 2. The van der Waals surface area contributed by atoms with Crippen molar-refractivity contribution in [2.45, 2.75) is 49.7 Å². The van der Waals surface area contributed by atoms with E-state index in [1.165, 1.54) is 31.2 Å². The number of halogens is 1. The van der Waals surface area contributed by atoms with Crippen molar-refractivity contribution in [3.05, 3.63) is 29.8 Å². The molecule has 1 aliphatic rings. The third-order valence-corrected chi connectivity index (χ3v) is 4.84. The van der Waals surface area contributed by atoms with Gasteiger partial charge in [0, 0.05) is 16.7 Å². The van der Waals surface area contributed by atoms with Crippen LogP contribution < -0.4 is 11.1 Å². The van der Waals surface area contributed by atoms with Crippen molar-refractivity contribution in [2.75, 3.05) is 5.32 Å². The number of nitrogens with two attached hydrogens (primary N) is 1. The normalized spacial score (nSPS) is 16.5. The molecule has 2 rings (SSSR count). The SMILES string of the molecule is C[C@@H](N)C(=O)Nc1cccc(CSC2CCCC2)c1.Cl. The minimum Gasteiger partial charge on any atom is -0.325 e. The van der Waals surface area contributed by atoms with Gasteiger partial charge in [0.1, 0.15) is 0 Å². The second kappa shape index (κ2) is 8.55. The lowest BCUT2D eigenvalue weighted by molar-refractivity contribution is -0.117. The average Bonchev–Trinajstić information content (AvgIpc) is 2.90. The van der Waals surface area contributed by atoms with Crippen molar-refractivity contribution >= 4 is 35.8 Å². The number of benzene rings is 1. The van der Waals surface area contributed by atoms with Crippen LogP contribution in [0, 0.1) is 0 Å². The van der Waals surface area contributed by atoms with Gasteiger partial charge in [-0.05, 0) is 37.5 Å². The highest BCUT2D eigenvalue weighted by molar-refractivity contribution is 7.99. The van der Waals surface area contributed by atoms with E-state index < -0.39 is 6.04 Å². The first-order chi connectivity index (χ1) is 9.15. The van der Waals surface area contributed by atoms with E-state index in [1.54, 1.807) is 6.92 Å². The first-order valence-electron chi connectivity index (χ1n) is 6.92. The Balaban J connectivity index is 0.00000200. The number of hydrogen-bond acceptors (Lipinski definition) is 3. The van der Waals surface area contributed by atoms with Crippen LogP contribution in [0.2, 0.25) is 0 Å². The molecule has 1 aliphatic carbocycles. The molecule has 1 saturated carbocycles. The fraction of sp³-hybridized carbons (Fsp3) is 0.533. The van der Waals surface area contributed by atoms with Gasteiger partial charge in [0.05, 0.1) is 6.04 Å². The van der Waals surface area contributed by atoms with Crippen molar-refractivity contribution in [1.82, 2.24) is 0 Å². The zero-order valence-corrected chi connectivity index (χ0v) is 13.4. The van der Waals surface area contributed by atoms with E-state index in [0.29, 0.717) is 0 Å². The second-order valence-corrected chi connectivity index (χ2v) is 6.48. The first-order valence-corrected chi connectivity index (χ1v) is 7.97. The maximum Gasteiger partial charge on any atom is 0.240 e. The highest BCUT2D eigenvalue weighted by Crippen LogP contribution is 2.31. The van der Waals surface area contributed by atoms with Crippen LogP contribution in [0.3, 0.4) is 0 Å². The van der Waals surface area contributed by atoms with Crippen LogP contribution in [-0.2, 0) is 10.5 Å². The Morgan fingerprint density at radius 2 is 2.15 bits per heavy atom. The topological polar surface area (TPSA) is 55.1 Å². The minimum atomic E-state index is -0.475. The van der Waals surface area contributed by atoms with Gasteiger partial charge < -0.3 is 11.1 Å². The lowest BCUT2D eigenvalue weighted by Gasteiger charge is -2.11. The third kappa shape index (κ3) is 5.35. The summed E-state index contributed by atoms with van der Waals surface area (Å²) in [5.74, 6) is 0.882. The summed E-state index contributed by atoms with van der Waals surface area (Å²) >= 11 is 2.03. The van der Waals surface area contributed by atoms with Gasteiger partial charge in [-0.3, -0.25) is 4.79 Å². The molecular weight excluding hydrogens is 292 g/mol. The van der Waals surface area contributed by atoms with Crippen LogP contribution in [0.4, 0.5) is 5.69 Å². The number of amides is 1. The standard InChI is InChI=1S/C15H22N2OS.ClH/c1-11(16)15(18)17-13-6-4-5-12(9-13)10-19-14-7-2-3-8-14;/h4-6,9,11,14H,2-3,7-8,10,16H2,1H3,(H,17,18);1H/t11-;/m1./s1. The van der Waals surface area contributed by atoms with Crippen LogP contribution in [-0.4, -0.2) is 17.2 Å². The van der Waals surface area contributed by atoms with Crippen LogP contribution in [0.1, 0.15) is 38.2 Å². The number of nitrogens with one attached hydrogen (secondary N) is 1. The first kappa shape index (κ1) is 17.3. The van der Waals surface area contributed by atoms with E-state index in [9.17, 15) is 4.79 Å². The molecule has 0 unspecified atom stereocenters. The quantitative estimate of drug-likeness (QED) is 0.873. The summed E-state index contributed by atoms with van der Waals surface area (Å²) in [4.78, 5) is 11.5. The molecular formula is C15H23ClN2OS. The summed E-state index contributed by atoms with van der Waals surface area (Å²) in [7, 11) is 0. The van der Waals surface area contributed by atoms with Crippen LogP contribution in [0.25, 0.3) is 0 Å². The van der Waals surface area contributed by atoms with Crippen molar-refractivity contribution in [2.24, 2.45) is 5.73 Å². The lowest BCUT2D eigenvalue weighted by atomic mass is 10.2. The number of carbonyl (C=O) groups is 1. The molecule has 0 radical (unpaired) electrons. The molecule has 112 valence electrons. The molecule has 1 aromatic rings. The molecule has 1 aromatic carbocycles. The highest BCUT2D eigenvalue weighted by atomic mass is 35.5. The van der Waals surface area contributed by atoms with Gasteiger partial charge >= 0.3 is 0 Å². The Morgan fingerprint density at radius 1 is 1.45 bits per heavy atom. The van der Waals surface area contributed by atoms with Gasteiger partial charge in [0.2, 0.25) is 5.91 Å². The molecule has 0 aliphatic heterocycles. The number of anilines is 1. The molecule has 3 N–H and O–H groups in total. The molecule has 1 fully saturated rings. The van der Waals surface area contributed by atoms with E-state index in [0.717, 1.165) is 16.7 Å². The lowest BCUT2D eigenvalue weighted by Crippen LogP contribution is -2.32. The molecule has 3 nitrogen and oxygen atoms in total. The fourth-order valence-electron chi connectivity index (χ4n) is 2.26. The molecule has 1 amide bonds. The Kier molecular flexibility index (Phi) is 7.41. The van der Waals surface area contributed by atoms with E-state index >= 15 is 0 Å². The third-order valence-electron chi connectivity index (χ3n) is 3.40. The summed E-state index contributed by atoms with van der Waals surface area (Å²) in [6.07, 6.45) is 5.46. The monoisotopic (exact) mass is 314 g/mol. The zero-order chi connectivity index (χ0) is 13.7. The van der Waals surface area contributed by atoms with Gasteiger partial charge in [0.25, 0.3) is 0 Å². The van der Waals surface area contributed by atoms with Gasteiger partial charge in [0.15, 0.2) is 0 Å².